The first-order chi connectivity index (χ1) is 15.1. The van der Waals surface area contributed by atoms with Crippen LogP contribution < -0.4 is 14.4 Å². The number of imide groups is 1. The maximum absolute atomic E-state index is 13.5. The lowest BCUT2D eigenvalue weighted by Gasteiger charge is -2.15. The number of methoxy groups -OCH3 is 2. The standard InChI is InChI=1S/C25H21NO4S/c1-29-20-14-13-18(15-21(20)30-2)22-23(31-16-17-9-5-3-6-10-17)25(28)26(24(22)27)19-11-7-4-8-12-19/h3-15H,16H2,1-2H3. The topological polar surface area (TPSA) is 55.8 Å². The first-order valence-corrected chi connectivity index (χ1v) is 10.7. The van der Waals surface area contributed by atoms with Crippen LogP contribution in [0.5, 0.6) is 11.5 Å². The maximum Gasteiger partial charge on any atom is 0.272 e. The number of rotatable bonds is 7. The molecule has 31 heavy (non-hydrogen) atoms. The van der Waals surface area contributed by atoms with Crippen molar-refractivity contribution in [3.63, 3.8) is 0 Å². The zero-order chi connectivity index (χ0) is 21.8. The highest BCUT2D eigenvalue weighted by Gasteiger charge is 2.40. The minimum absolute atomic E-state index is 0.318. The molecule has 4 rings (SSSR count). The number of ether oxygens (including phenoxy) is 2. The minimum atomic E-state index is -0.348. The molecule has 0 saturated carbocycles. The van der Waals surface area contributed by atoms with E-state index in [1.807, 2.05) is 36.4 Å². The molecular weight excluding hydrogens is 410 g/mol. The van der Waals surface area contributed by atoms with Gasteiger partial charge in [0.15, 0.2) is 11.5 Å². The molecule has 6 heteroatoms. The highest BCUT2D eigenvalue weighted by Crippen LogP contribution is 2.41. The molecular formula is C25H21NO4S. The molecule has 0 fully saturated rings. The van der Waals surface area contributed by atoms with Gasteiger partial charge in [0.05, 0.1) is 30.4 Å². The number of anilines is 1. The number of hydrogen-bond donors (Lipinski definition) is 0. The number of nitrogens with zero attached hydrogens (tertiary/aromatic N) is 1. The van der Waals surface area contributed by atoms with E-state index in [1.54, 1.807) is 56.7 Å². The monoisotopic (exact) mass is 431 g/mol. The quantitative estimate of drug-likeness (QED) is 0.497. The summed E-state index contributed by atoms with van der Waals surface area (Å²) < 4.78 is 10.7. The van der Waals surface area contributed by atoms with Crippen LogP contribution >= 0.6 is 11.8 Å². The van der Waals surface area contributed by atoms with Crippen molar-refractivity contribution in [2.24, 2.45) is 0 Å². The predicted octanol–water partition coefficient (Wildman–Crippen LogP) is 4.92. The fourth-order valence-electron chi connectivity index (χ4n) is 3.43. The summed E-state index contributed by atoms with van der Waals surface area (Å²) in [6.45, 7) is 0. The molecule has 0 unspecified atom stereocenters. The summed E-state index contributed by atoms with van der Waals surface area (Å²) in [7, 11) is 3.10. The number of amides is 2. The second kappa shape index (κ2) is 9.10. The number of carbonyl (C=O) groups excluding carboxylic acids is 2. The Balaban J connectivity index is 1.78. The van der Waals surface area contributed by atoms with Crippen LogP contribution in [0.1, 0.15) is 11.1 Å². The SMILES string of the molecule is COc1ccc(C2=C(SCc3ccccc3)C(=O)N(c3ccccc3)C2=O)cc1OC. The summed E-state index contributed by atoms with van der Waals surface area (Å²) >= 11 is 1.37. The molecule has 0 aromatic heterocycles. The Bertz CT molecular complexity index is 1140. The molecule has 0 atom stereocenters. The maximum atomic E-state index is 13.5. The lowest BCUT2D eigenvalue weighted by Crippen LogP contribution is -2.31. The predicted molar refractivity (Wildman–Crippen MR) is 123 cm³/mol. The minimum Gasteiger partial charge on any atom is -0.493 e. The molecule has 0 bridgehead atoms. The Morgan fingerprint density at radius 3 is 2.06 bits per heavy atom. The van der Waals surface area contributed by atoms with Crippen molar-refractivity contribution < 1.29 is 19.1 Å². The van der Waals surface area contributed by atoms with Gasteiger partial charge >= 0.3 is 0 Å². The molecule has 1 aliphatic heterocycles. The lowest BCUT2D eigenvalue weighted by atomic mass is 10.1. The van der Waals surface area contributed by atoms with E-state index >= 15 is 0 Å². The van der Waals surface area contributed by atoms with Gasteiger partial charge in [-0.15, -0.1) is 11.8 Å². The van der Waals surface area contributed by atoms with Gasteiger partial charge in [-0.1, -0.05) is 54.6 Å². The van der Waals surface area contributed by atoms with Crippen LogP contribution in [-0.2, 0) is 15.3 Å². The van der Waals surface area contributed by atoms with Gasteiger partial charge in [0.2, 0.25) is 0 Å². The number of benzene rings is 3. The molecule has 0 aliphatic carbocycles. The van der Waals surface area contributed by atoms with Crippen LogP contribution in [-0.4, -0.2) is 26.0 Å². The molecule has 5 nitrogen and oxygen atoms in total. The van der Waals surface area contributed by atoms with E-state index in [1.165, 1.54) is 16.7 Å². The molecule has 1 heterocycles. The highest BCUT2D eigenvalue weighted by molar-refractivity contribution is 8.03. The van der Waals surface area contributed by atoms with Gasteiger partial charge in [-0.2, -0.15) is 0 Å². The smallest absolute Gasteiger partial charge is 0.272 e. The molecule has 0 saturated heterocycles. The van der Waals surface area contributed by atoms with Crippen LogP contribution in [0.15, 0.2) is 83.8 Å². The third-order valence-electron chi connectivity index (χ3n) is 4.95. The lowest BCUT2D eigenvalue weighted by molar-refractivity contribution is -0.119. The summed E-state index contributed by atoms with van der Waals surface area (Å²) in [4.78, 5) is 28.5. The summed E-state index contributed by atoms with van der Waals surface area (Å²) in [5.74, 6) is 0.968. The van der Waals surface area contributed by atoms with Gasteiger partial charge in [-0.3, -0.25) is 9.59 Å². The molecule has 0 radical (unpaired) electrons. The largest absolute Gasteiger partial charge is 0.493 e. The fourth-order valence-corrected chi connectivity index (χ4v) is 4.50. The van der Waals surface area contributed by atoms with Crippen LogP contribution in [0.4, 0.5) is 5.69 Å². The third-order valence-corrected chi connectivity index (χ3v) is 6.10. The van der Waals surface area contributed by atoms with Crippen molar-refractivity contribution in [3.8, 4) is 11.5 Å². The van der Waals surface area contributed by atoms with E-state index in [-0.39, 0.29) is 11.8 Å². The second-order valence-corrected chi connectivity index (χ2v) is 7.82. The zero-order valence-electron chi connectivity index (χ0n) is 17.2. The van der Waals surface area contributed by atoms with Crippen molar-refractivity contribution in [2.45, 2.75) is 5.75 Å². The Labute approximate surface area is 185 Å². The van der Waals surface area contributed by atoms with Gasteiger partial charge in [0.25, 0.3) is 11.8 Å². The normalized spacial score (nSPS) is 13.7. The number of carbonyl (C=O) groups is 2. The van der Waals surface area contributed by atoms with Crippen molar-refractivity contribution in [1.82, 2.24) is 0 Å². The van der Waals surface area contributed by atoms with Crippen LogP contribution in [0.3, 0.4) is 0 Å². The van der Waals surface area contributed by atoms with Gasteiger partial charge < -0.3 is 9.47 Å². The van der Waals surface area contributed by atoms with Gasteiger partial charge in [0, 0.05) is 5.75 Å². The summed E-state index contributed by atoms with van der Waals surface area (Å²) in [5.41, 5.74) is 2.61. The van der Waals surface area contributed by atoms with E-state index in [0.717, 1.165) is 5.56 Å². The first kappa shape index (κ1) is 20.8. The average molecular weight is 432 g/mol. The van der Waals surface area contributed by atoms with E-state index in [9.17, 15) is 9.59 Å². The van der Waals surface area contributed by atoms with Crippen molar-refractivity contribution >= 4 is 34.8 Å². The first-order valence-electron chi connectivity index (χ1n) is 9.71. The van der Waals surface area contributed by atoms with Crippen LogP contribution in [0.2, 0.25) is 0 Å². The molecule has 3 aromatic rings. The Morgan fingerprint density at radius 1 is 0.774 bits per heavy atom. The van der Waals surface area contributed by atoms with E-state index in [2.05, 4.69) is 0 Å². The Hall–Kier alpha value is -3.51. The summed E-state index contributed by atoms with van der Waals surface area (Å²) in [6, 6.07) is 24.1. The average Bonchev–Trinajstić information content (AvgIpc) is 3.07. The van der Waals surface area contributed by atoms with Crippen molar-refractivity contribution in [2.75, 3.05) is 19.1 Å². The van der Waals surface area contributed by atoms with Gasteiger partial charge in [-0.05, 0) is 35.4 Å². The molecule has 0 spiro atoms. The zero-order valence-corrected chi connectivity index (χ0v) is 18.0. The van der Waals surface area contributed by atoms with Crippen molar-refractivity contribution in [3.05, 3.63) is 94.9 Å². The molecule has 156 valence electrons. The molecule has 2 amide bonds. The number of thioether (sulfide) groups is 1. The summed E-state index contributed by atoms with van der Waals surface area (Å²) in [6.07, 6.45) is 0. The molecule has 0 N–H and O–H groups in total. The van der Waals surface area contributed by atoms with E-state index in [0.29, 0.717) is 39.0 Å². The van der Waals surface area contributed by atoms with E-state index in [4.69, 9.17) is 9.47 Å². The Morgan fingerprint density at radius 2 is 1.42 bits per heavy atom. The second-order valence-electron chi connectivity index (χ2n) is 6.83. The number of hydrogen-bond acceptors (Lipinski definition) is 5. The fraction of sp³-hybridized carbons (Fsp3) is 0.120. The molecule has 1 aliphatic rings. The van der Waals surface area contributed by atoms with Gasteiger partial charge in [-0.25, -0.2) is 4.90 Å². The Kier molecular flexibility index (Phi) is 6.09. The van der Waals surface area contributed by atoms with Crippen LogP contribution in [0.25, 0.3) is 5.57 Å². The van der Waals surface area contributed by atoms with Gasteiger partial charge in [0.1, 0.15) is 0 Å². The number of para-hydroxylation sites is 1. The van der Waals surface area contributed by atoms with Crippen molar-refractivity contribution in [1.29, 1.82) is 0 Å². The van der Waals surface area contributed by atoms with E-state index < -0.39 is 0 Å². The third kappa shape index (κ3) is 4.07. The highest BCUT2D eigenvalue weighted by atomic mass is 32.2. The van der Waals surface area contributed by atoms with Crippen LogP contribution in [0, 0.1) is 0 Å². The summed E-state index contributed by atoms with van der Waals surface area (Å²) in [5, 5.41) is 0. The molecule has 3 aromatic carbocycles.